The van der Waals surface area contributed by atoms with Gasteiger partial charge in [-0.2, -0.15) is 0 Å². The van der Waals surface area contributed by atoms with Crippen molar-refractivity contribution in [1.29, 1.82) is 0 Å². The number of likely N-dealkylation sites (tertiary alicyclic amines) is 1. The van der Waals surface area contributed by atoms with Crippen molar-refractivity contribution in [2.75, 3.05) is 25.0 Å². The summed E-state index contributed by atoms with van der Waals surface area (Å²) in [6.07, 6.45) is 5.28. The quantitative estimate of drug-likeness (QED) is 0.862. The van der Waals surface area contributed by atoms with E-state index in [0.29, 0.717) is 18.5 Å². The molecule has 0 radical (unpaired) electrons. The maximum absolute atomic E-state index is 12.2. The van der Waals surface area contributed by atoms with Gasteiger partial charge in [-0.1, -0.05) is 0 Å². The molecule has 26 heavy (non-hydrogen) atoms. The molecule has 2 N–H and O–H groups in total. The van der Waals surface area contributed by atoms with Crippen LogP contribution in [-0.2, 0) is 0 Å². The molecule has 3 aliphatic rings. The maximum Gasteiger partial charge on any atom is 0.319 e. The molecule has 2 amide bonds. The minimum Gasteiger partial charge on any atom is -0.448 e. The number of rotatable bonds is 4. The van der Waals surface area contributed by atoms with Crippen LogP contribution in [0.1, 0.15) is 46.0 Å². The third kappa shape index (κ3) is 3.61. The summed E-state index contributed by atoms with van der Waals surface area (Å²) < 4.78 is 12.1. The minimum absolute atomic E-state index is 0.164. The first-order chi connectivity index (χ1) is 12.5. The molecule has 6 nitrogen and oxygen atoms in total. The molecule has 1 aliphatic carbocycles. The van der Waals surface area contributed by atoms with E-state index in [1.807, 2.05) is 18.2 Å². The normalized spacial score (nSPS) is 23.7. The van der Waals surface area contributed by atoms with Crippen molar-refractivity contribution in [2.24, 2.45) is 5.92 Å². The van der Waals surface area contributed by atoms with Gasteiger partial charge in [0, 0.05) is 43.7 Å². The van der Waals surface area contributed by atoms with Gasteiger partial charge in [-0.3, -0.25) is 0 Å². The van der Waals surface area contributed by atoms with Gasteiger partial charge in [-0.25, -0.2) is 4.79 Å². The van der Waals surface area contributed by atoms with Gasteiger partial charge in [-0.15, -0.1) is 0 Å². The van der Waals surface area contributed by atoms with Crippen molar-refractivity contribution in [3.05, 3.63) is 18.2 Å². The van der Waals surface area contributed by atoms with Crippen molar-refractivity contribution in [2.45, 2.75) is 57.8 Å². The van der Waals surface area contributed by atoms with Crippen LogP contribution in [0.15, 0.2) is 18.2 Å². The number of fused-ring (bicyclic) bond motifs is 1. The summed E-state index contributed by atoms with van der Waals surface area (Å²) in [7, 11) is 0. The number of carbonyl (C=O) groups excluding carboxylic acids is 1. The molecule has 1 unspecified atom stereocenters. The lowest BCUT2D eigenvalue weighted by Crippen LogP contribution is -2.35. The first-order valence-corrected chi connectivity index (χ1v) is 9.84. The van der Waals surface area contributed by atoms with Crippen molar-refractivity contribution in [1.82, 2.24) is 10.2 Å². The number of amides is 2. The molecule has 6 heteroatoms. The van der Waals surface area contributed by atoms with Gasteiger partial charge in [-0.05, 0) is 57.7 Å². The fourth-order valence-corrected chi connectivity index (χ4v) is 4.20. The van der Waals surface area contributed by atoms with Gasteiger partial charge >= 0.3 is 6.03 Å². The number of anilines is 1. The Morgan fingerprint density at radius 1 is 1.27 bits per heavy atom. The van der Waals surface area contributed by atoms with Gasteiger partial charge < -0.3 is 25.0 Å². The lowest BCUT2D eigenvalue weighted by Gasteiger charge is -2.21. The molecule has 0 bridgehead atoms. The number of urea groups is 1. The molecule has 1 saturated carbocycles. The van der Waals surface area contributed by atoms with E-state index in [2.05, 4.69) is 29.4 Å². The van der Waals surface area contributed by atoms with Crippen LogP contribution >= 0.6 is 0 Å². The highest BCUT2D eigenvalue weighted by Gasteiger charge is 2.44. The largest absolute Gasteiger partial charge is 0.448 e. The van der Waals surface area contributed by atoms with E-state index in [1.165, 1.54) is 0 Å². The van der Waals surface area contributed by atoms with Crippen molar-refractivity contribution in [3.8, 4) is 11.5 Å². The average Bonchev–Trinajstić information content (AvgIpc) is 3.32. The Balaban J connectivity index is 1.28. The van der Waals surface area contributed by atoms with Crippen molar-refractivity contribution < 1.29 is 14.3 Å². The molecule has 2 fully saturated rings. The summed E-state index contributed by atoms with van der Waals surface area (Å²) in [6, 6.07) is 6.02. The molecular formula is C20H29N3O3. The minimum atomic E-state index is -0.464. The van der Waals surface area contributed by atoms with E-state index in [1.54, 1.807) is 0 Å². The number of ether oxygens (including phenoxy) is 2. The van der Waals surface area contributed by atoms with E-state index < -0.39 is 5.79 Å². The van der Waals surface area contributed by atoms with Gasteiger partial charge in [0.25, 0.3) is 5.79 Å². The molecule has 142 valence electrons. The number of hydrogen-bond acceptors (Lipinski definition) is 4. The Morgan fingerprint density at radius 3 is 2.77 bits per heavy atom. The van der Waals surface area contributed by atoms with Crippen LogP contribution in [-0.4, -0.2) is 42.4 Å². The second-order valence-corrected chi connectivity index (χ2v) is 8.06. The fourth-order valence-electron chi connectivity index (χ4n) is 4.20. The zero-order chi connectivity index (χ0) is 18.1. The summed E-state index contributed by atoms with van der Waals surface area (Å²) in [4.78, 5) is 14.7. The number of nitrogens with one attached hydrogen (secondary N) is 2. The summed E-state index contributed by atoms with van der Waals surface area (Å²) in [5, 5.41) is 5.91. The summed E-state index contributed by atoms with van der Waals surface area (Å²) in [5.74, 6) is 1.57. The summed E-state index contributed by atoms with van der Waals surface area (Å²) in [5.41, 5.74) is 0.732. The predicted molar refractivity (Wildman–Crippen MR) is 101 cm³/mol. The van der Waals surface area contributed by atoms with Gasteiger partial charge in [0.15, 0.2) is 11.5 Å². The maximum atomic E-state index is 12.2. The third-order valence-corrected chi connectivity index (χ3v) is 5.76. The Morgan fingerprint density at radius 2 is 2.04 bits per heavy atom. The second-order valence-electron chi connectivity index (χ2n) is 8.06. The molecule has 1 aromatic carbocycles. The molecule has 1 spiro atoms. The van der Waals surface area contributed by atoms with Crippen LogP contribution < -0.4 is 20.1 Å². The standard InChI is InChI=1S/C20H29N3O3/c1-14(2)23-10-7-15(13-23)12-21-19(24)22-16-5-6-17-18(11-16)26-20(25-17)8-3-4-9-20/h5-6,11,14-15H,3-4,7-10,12-13H2,1-2H3,(H2,21,22,24). The monoisotopic (exact) mass is 359 g/mol. The van der Waals surface area contributed by atoms with Crippen LogP contribution in [0.3, 0.4) is 0 Å². The van der Waals surface area contributed by atoms with Crippen LogP contribution in [0, 0.1) is 5.92 Å². The van der Waals surface area contributed by atoms with Crippen LogP contribution in [0.25, 0.3) is 0 Å². The molecule has 4 rings (SSSR count). The number of carbonyl (C=O) groups is 1. The van der Waals surface area contributed by atoms with Crippen LogP contribution in [0.4, 0.5) is 10.5 Å². The third-order valence-electron chi connectivity index (χ3n) is 5.76. The Bertz CT molecular complexity index is 670. The van der Waals surface area contributed by atoms with E-state index in [9.17, 15) is 4.79 Å². The molecule has 2 heterocycles. The zero-order valence-corrected chi connectivity index (χ0v) is 15.7. The Kier molecular flexibility index (Phi) is 4.69. The molecule has 1 saturated heterocycles. The highest BCUT2D eigenvalue weighted by Crippen LogP contribution is 2.47. The van der Waals surface area contributed by atoms with E-state index in [0.717, 1.165) is 62.4 Å². The number of benzene rings is 1. The summed E-state index contributed by atoms with van der Waals surface area (Å²) in [6.45, 7) is 7.33. The number of hydrogen-bond donors (Lipinski definition) is 2. The zero-order valence-electron chi connectivity index (χ0n) is 15.7. The number of nitrogens with zero attached hydrogens (tertiary/aromatic N) is 1. The summed E-state index contributed by atoms with van der Waals surface area (Å²) >= 11 is 0. The first kappa shape index (κ1) is 17.5. The second kappa shape index (κ2) is 6.99. The van der Waals surface area contributed by atoms with Crippen molar-refractivity contribution >= 4 is 11.7 Å². The molecule has 1 atom stereocenters. The SMILES string of the molecule is CC(C)N1CCC(CNC(=O)Nc2ccc3c(c2)OC2(CCCC2)O3)C1. The predicted octanol–water partition coefficient (Wildman–Crippen LogP) is 3.58. The van der Waals surface area contributed by atoms with Crippen LogP contribution in [0.2, 0.25) is 0 Å². The van der Waals surface area contributed by atoms with E-state index in [-0.39, 0.29) is 6.03 Å². The van der Waals surface area contributed by atoms with Crippen molar-refractivity contribution in [3.63, 3.8) is 0 Å². The van der Waals surface area contributed by atoms with Gasteiger partial charge in [0.05, 0.1) is 0 Å². The van der Waals surface area contributed by atoms with E-state index >= 15 is 0 Å². The molecule has 1 aromatic rings. The molecular weight excluding hydrogens is 330 g/mol. The highest BCUT2D eigenvalue weighted by molar-refractivity contribution is 5.89. The van der Waals surface area contributed by atoms with Gasteiger partial charge in [0.1, 0.15) is 0 Å². The smallest absolute Gasteiger partial charge is 0.319 e. The van der Waals surface area contributed by atoms with E-state index in [4.69, 9.17) is 9.47 Å². The highest BCUT2D eigenvalue weighted by atomic mass is 16.7. The molecule has 2 aliphatic heterocycles. The van der Waals surface area contributed by atoms with Gasteiger partial charge in [0.2, 0.25) is 0 Å². The fraction of sp³-hybridized carbons (Fsp3) is 0.650. The Labute approximate surface area is 155 Å². The molecule has 0 aromatic heterocycles. The first-order valence-electron chi connectivity index (χ1n) is 9.84. The van der Waals surface area contributed by atoms with Crippen LogP contribution in [0.5, 0.6) is 11.5 Å². The Hall–Kier alpha value is -1.95. The lowest BCUT2D eigenvalue weighted by molar-refractivity contribution is -0.0716. The lowest BCUT2D eigenvalue weighted by atomic mass is 10.1. The topological polar surface area (TPSA) is 62.8 Å². The average molecular weight is 359 g/mol.